The SMILES string of the molecule is CO[C@]1(C(=O)NCc2ccc(Cl)cc2)C[C@H](CCC(=O)O)NO1. The fourth-order valence-corrected chi connectivity index (χ4v) is 2.45. The minimum Gasteiger partial charge on any atom is -0.481 e. The second-order valence-corrected chi connectivity index (χ2v) is 5.76. The average molecular weight is 343 g/mol. The average Bonchev–Trinajstić information content (AvgIpc) is 2.97. The van der Waals surface area contributed by atoms with E-state index in [1.165, 1.54) is 7.11 Å². The van der Waals surface area contributed by atoms with Gasteiger partial charge in [-0.05, 0) is 24.1 Å². The van der Waals surface area contributed by atoms with Gasteiger partial charge < -0.3 is 15.2 Å². The summed E-state index contributed by atoms with van der Waals surface area (Å²) in [7, 11) is 1.38. The van der Waals surface area contributed by atoms with Crippen molar-refractivity contribution in [2.75, 3.05) is 7.11 Å². The van der Waals surface area contributed by atoms with Gasteiger partial charge in [-0.25, -0.2) is 0 Å². The number of methoxy groups -OCH3 is 1. The second kappa shape index (κ2) is 7.74. The molecule has 1 aliphatic heterocycles. The van der Waals surface area contributed by atoms with E-state index in [1.54, 1.807) is 12.1 Å². The molecule has 2 atom stereocenters. The maximum atomic E-state index is 12.4. The number of carbonyl (C=O) groups excluding carboxylic acids is 1. The highest BCUT2D eigenvalue weighted by molar-refractivity contribution is 6.30. The van der Waals surface area contributed by atoms with Gasteiger partial charge in [-0.3, -0.25) is 14.4 Å². The molecule has 3 N–H and O–H groups in total. The van der Waals surface area contributed by atoms with Crippen LogP contribution in [0.25, 0.3) is 0 Å². The number of carbonyl (C=O) groups is 2. The Labute approximate surface area is 138 Å². The van der Waals surface area contributed by atoms with E-state index in [4.69, 9.17) is 26.3 Å². The van der Waals surface area contributed by atoms with Crippen LogP contribution in [0.2, 0.25) is 5.02 Å². The summed E-state index contributed by atoms with van der Waals surface area (Å²) in [5.41, 5.74) is 3.56. The molecule has 0 spiro atoms. The van der Waals surface area contributed by atoms with Crippen molar-refractivity contribution in [1.29, 1.82) is 0 Å². The second-order valence-electron chi connectivity index (χ2n) is 5.32. The molecule has 0 aromatic heterocycles. The third-order valence-corrected chi connectivity index (χ3v) is 3.91. The summed E-state index contributed by atoms with van der Waals surface area (Å²) in [5.74, 6) is -2.76. The van der Waals surface area contributed by atoms with E-state index in [0.717, 1.165) is 5.56 Å². The van der Waals surface area contributed by atoms with Gasteiger partial charge in [0.2, 0.25) is 0 Å². The van der Waals surface area contributed by atoms with Gasteiger partial charge >= 0.3 is 5.97 Å². The third kappa shape index (κ3) is 4.65. The fraction of sp³-hybridized carbons (Fsp3) is 0.467. The van der Waals surface area contributed by atoms with Crippen molar-refractivity contribution in [3.05, 3.63) is 34.9 Å². The minimum absolute atomic E-state index is 0.00673. The molecule has 1 fully saturated rings. The summed E-state index contributed by atoms with van der Waals surface area (Å²) in [5, 5.41) is 12.1. The lowest BCUT2D eigenvalue weighted by Gasteiger charge is -2.23. The Bertz CT molecular complexity index is 565. The first-order valence-electron chi connectivity index (χ1n) is 7.18. The van der Waals surface area contributed by atoms with Gasteiger partial charge in [0, 0.05) is 37.6 Å². The minimum atomic E-state index is -1.45. The molecule has 8 heteroatoms. The first-order valence-corrected chi connectivity index (χ1v) is 7.56. The molecule has 2 rings (SSSR count). The van der Waals surface area contributed by atoms with Gasteiger partial charge in [0.15, 0.2) is 0 Å². The van der Waals surface area contributed by atoms with Gasteiger partial charge in [0.25, 0.3) is 11.7 Å². The molecular formula is C15H19ClN2O5. The Balaban J connectivity index is 1.90. The maximum Gasteiger partial charge on any atom is 0.303 e. The van der Waals surface area contributed by atoms with Gasteiger partial charge in [0.05, 0.1) is 0 Å². The van der Waals surface area contributed by atoms with Crippen LogP contribution in [0.4, 0.5) is 0 Å². The Hall–Kier alpha value is -1.67. The van der Waals surface area contributed by atoms with Crippen LogP contribution in [0, 0.1) is 0 Å². The lowest BCUT2D eigenvalue weighted by atomic mass is 10.0. The smallest absolute Gasteiger partial charge is 0.303 e. The lowest BCUT2D eigenvalue weighted by molar-refractivity contribution is -0.218. The number of amides is 1. The first-order chi connectivity index (χ1) is 10.9. The van der Waals surface area contributed by atoms with E-state index in [-0.39, 0.29) is 18.9 Å². The molecule has 1 aromatic carbocycles. The summed E-state index contributed by atoms with van der Waals surface area (Å²) < 4.78 is 5.24. The van der Waals surface area contributed by atoms with E-state index in [1.807, 2.05) is 12.1 Å². The largest absolute Gasteiger partial charge is 0.481 e. The zero-order valence-electron chi connectivity index (χ0n) is 12.7. The van der Waals surface area contributed by atoms with Crippen molar-refractivity contribution in [3.8, 4) is 0 Å². The number of ether oxygens (including phenoxy) is 1. The standard InChI is InChI=1S/C15H19ClN2O5/c1-22-15(8-12(18-23-15)6-7-13(19)20)14(21)17-9-10-2-4-11(16)5-3-10/h2-5,12,18H,6-9H2,1H3,(H,17,21)(H,19,20)/t12-,15+/m0/s1. The normalized spacial score (nSPS) is 23.7. The van der Waals surface area contributed by atoms with Crippen LogP contribution in [0.3, 0.4) is 0 Å². The molecule has 1 aliphatic rings. The maximum absolute atomic E-state index is 12.4. The van der Waals surface area contributed by atoms with Gasteiger partial charge in [-0.2, -0.15) is 5.48 Å². The third-order valence-electron chi connectivity index (χ3n) is 3.65. The molecule has 0 bridgehead atoms. The first kappa shape index (κ1) is 17.7. The van der Waals surface area contributed by atoms with Crippen molar-refractivity contribution in [3.63, 3.8) is 0 Å². The number of halogens is 1. The van der Waals surface area contributed by atoms with Crippen molar-refractivity contribution in [2.24, 2.45) is 0 Å². The number of hydroxylamine groups is 1. The summed E-state index contributed by atoms with van der Waals surface area (Å²) in [6, 6.07) is 6.85. The lowest BCUT2D eigenvalue weighted by Crippen LogP contribution is -2.48. The number of aliphatic carboxylic acids is 1. The zero-order valence-corrected chi connectivity index (χ0v) is 13.4. The van der Waals surface area contributed by atoms with Crippen molar-refractivity contribution >= 4 is 23.5 Å². The molecule has 126 valence electrons. The molecule has 0 saturated carbocycles. The molecular weight excluding hydrogens is 324 g/mol. The zero-order chi connectivity index (χ0) is 16.9. The van der Waals surface area contributed by atoms with Crippen LogP contribution in [0.15, 0.2) is 24.3 Å². The van der Waals surface area contributed by atoms with Crippen LogP contribution in [0.5, 0.6) is 0 Å². The molecule has 23 heavy (non-hydrogen) atoms. The van der Waals surface area contributed by atoms with Crippen molar-refractivity contribution < 1.29 is 24.3 Å². The summed E-state index contributed by atoms with van der Waals surface area (Å²) >= 11 is 5.81. The van der Waals surface area contributed by atoms with Crippen molar-refractivity contribution in [2.45, 2.75) is 37.6 Å². The Morgan fingerprint density at radius 3 is 2.78 bits per heavy atom. The monoisotopic (exact) mass is 342 g/mol. The molecule has 0 aliphatic carbocycles. The topological polar surface area (TPSA) is 96.9 Å². The Morgan fingerprint density at radius 2 is 2.17 bits per heavy atom. The number of hydrogen-bond acceptors (Lipinski definition) is 5. The van der Waals surface area contributed by atoms with Crippen LogP contribution >= 0.6 is 11.6 Å². The number of carboxylic acid groups (broad SMARTS) is 1. The van der Waals surface area contributed by atoms with Crippen LogP contribution in [-0.4, -0.2) is 35.9 Å². The van der Waals surface area contributed by atoms with Crippen LogP contribution < -0.4 is 10.8 Å². The van der Waals surface area contributed by atoms with E-state index < -0.39 is 17.7 Å². The van der Waals surface area contributed by atoms with E-state index in [0.29, 0.717) is 18.0 Å². The number of hydrogen-bond donors (Lipinski definition) is 3. The summed E-state index contributed by atoms with van der Waals surface area (Å²) in [4.78, 5) is 28.3. The van der Waals surface area contributed by atoms with Gasteiger partial charge in [0.1, 0.15) is 0 Å². The number of carboxylic acids is 1. The highest BCUT2D eigenvalue weighted by atomic mass is 35.5. The number of benzene rings is 1. The van der Waals surface area contributed by atoms with Crippen LogP contribution in [-0.2, 0) is 25.7 Å². The fourth-order valence-electron chi connectivity index (χ4n) is 2.32. The molecule has 0 radical (unpaired) electrons. The Kier molecular flexibility index (Phi) is 5.95. The van der Waals surface area contributed by atoms with Gasteiger partial charge in [-0.15, -0.1) is 0 Å². The predicted octanol–water partition coefficient (Wildman–Crippen LogP) is 1.46. The van der Waals surface area contributed by atoms with E-state index in [2.05, 4.69) is 10.8 Å². The number of nitrogens with one attached hydrogen (secondary N) is 2. The highest BCUT2D eigenvalue weighted by Crippen LogP contribution is 2.27. The van der Waals surface area contributed by atoms with E-state index >= 15 is 0 Å². The Morgan fingerprint density at radius 1 is 1.48 bits per heavy atom. The summed E-state index contributed by atoms with van der Waals surface area (Å²) in [6.45, 7) is 0.310. The highest BCUT2D eigenvalue weighted by Gasteiger charge is 2.47. The van der Waals surface area contributed by atoms with E-state index in [9.17, 15) is 9.59 Å². The number of rotatable bonds is 7. The molecule has 0 unspecified atom stereocenters. The van der Waals surface area contributed by atoms with Crippen molar-refractivity contribution in [1.82, 2.24) is 10.8 Å². The summed E-state index contributed by atoms with van der Waals surface area (Å²) in [6.07, 6.45) is 0.585. The quantitative estimate of drug-likeness (QED) is 0.694. The predicted molar refractivity (Wildman–Crippen MR) is 82.5 cm³/mol. The molecule has 1 amide bonds. The molecule has 1 heterocycles. The van der Waals surface area contributed by atoms with Gasteiger partial charge in [-0.1, -0.05) is 23.7 Å². The molecule has 7 nitrogen and oxygen atoms in total. The molecule has 1 aromatic rings. The van der Waals surface area contributed by atoms with Crippen LogP contribution in [0.1, 0.15) is 24.8 Å². The molecule has 1 saturated heterocycles.